The summed E-state index contributed by atoms with van der Waals surface area (Å²) in [6.07, 6.45) is -4.82. The van der Waals surface area contributed by atoms with Crippen LogP contribution in [0, 0.1) is 21.4 Å². The minimum atomic E-state index is -4.81. The minimum absolute atomic E-state index is 0.696. The van der Waals surface area contributed by atoms with Crippen LogP contribution < -0.4 is 0 Å². The third-order valence-electron chi connectivity index (χ3n) is 1.75. The van der Waals surface area contributed by atoms with Crippen molar-refractivity contribution in [3.05, 3.63) is 33.6 Å². The molecule has 1 rings (SSSR count). The molecule has 0 fully saturated rings. The smallest absolute Gasteiger partial charge is 0.258 e. The van der Waals surface area contributed by atoms with Crippen LogP contribution in [-0.2, 0) is 12.6 Å². The third-order valence-corrected chi connectivity index (χ3v) is 1.75. The summed E-state index contributed by atoms with van der Waals surface area (Å²) in [6.45, 7) is 0. The number of halogens is 3. The second kappa shape index (κ2) is 4.14. The Morgan fingerprint density at radius 1 is 1.56 bits per heavy atom. The van der Waals surface area contributed by atoms with Gasteiger partial charge in [0.05, 0.1) is 23.0 Å². The van der Waals surface area contributed by atoms with Gasteiger partial charge in [-0.1, -0.05) is 0 Å². The molecule has 0 amide bonds. The second-order valence-electron chi connectivity index (χ2n) is 2.75. The maximum absolute atomic E-state index is 12.4. The van der Waals surface area contributed by atoms with E-state index in [2.05, 4.69) is 4.98 Å². The Hall–Kier alpha value is -2.17. The number of nitro groups is 1. The molecule has 0 aliphatic heterocycles. The van der Waals surface area contributed by atoms with Crippen molar-refractivity contribution in [1.82, 2.24) is 4.98 Å². The van der Waals surface area contributed by atoms with Crippen LogP contribution in [0.1, 0.15) is 11.3 Å². The molecule has 0 aliphatic rings. The summed E-state index contributed by atoms with van der Waals surface area (Å²) in [5.41, 5.74) is -2.84. The first-order chi connectivity index (χ1) is 7.38. The summed E-state index contributed by atoms with van der Waals surface area (Å²) in [6, 6.07) is 2.28. The highest BCUT2D eigenvalue weighted by atomic mass is 19.4. The average molecular weight is 231 g/mol. The van der Waals surface area contributed by atoms with E-state index in [0.717, 1.165) is 6.07 Å². The van der Waals surface area contributed by atoms with E-state index < -0.39 is 34.5 Å². The Labute approximate surface area is 87.3 Å². The highest BCUT2D eigenvalue weighted by molar-refractivity contribution is 5.44. The van der Waals surface area contributed by atoms with Crippen LogP contribution >= 0.6 is 0 Å². The van der Waals surface area contributed by atoms with Crippen LogP contribution in [0.2, 0.25) is 0 Å². The number of hydrogen-bond acceptors (Lipinski definition) is 4. The van der Waals surface area contributed by atoms with Gasteiger partial charge in [-0.05, 0) is 0 Å². The summed E-state index contributed by atoms with van der Waals surface area (Å²) in [5.74, 6) is 0. The largest absolute Gasteiger partial charge is 0.433 e. The minimum Gasteiger partial charge on any atom is -0.258 e. The monoisotopic (exact) mass is 231 g/mol. The fourth-order valence-corrected chi connectivity index (χ4v) is 1.15. The molecule has 0 atom stereocenters. The van der Waals surface area contributed by atoms with Gasteiger partial charge in [-0.2, -0.15) is 18.4 Å². The van der Waals surface area contributed by atoms with Crippen LogP contribution in [0.3, 0.4) is 0 Å². The van der Waals surface area contributed by atoms with Gasteiger partial charge >= 0.3 is 6.18 Å². The number of rotatable bonds is 2. The van der Waals surface area contributed by atoms with E-state index in [-0.39, 0.29) is 0 Å². The fraction of sp³-hybridized carbons (Fsp3) is 0.250. The van der Waals surface area contributed by atoms with Gasteiger partial charge in [0.25, 0.3) is 5.69 Å². The summed E-state index contributed by atoms with van der Waals surface area (Å²) < 4.78 is 37.3. The maximum atomic E-state index is 12.4. The van der Waals surface area contributed by atoms with Gasteiger partial charge in [0.1, 0.15) is 0 Å². The molecular weight excluding hydrogens is 227 g/mol. The lowest BCUT2D eigenvalue weighted by Gasteiger charge is -2.09. The molecule has 84 valence electrons. The van der Waals surface area contributed by atoms with E-state index in [1.54, 1.807) is 0 Å². The Morgan fingerprint density at radius 3 is 2.62 bits per heavy atom. The molecule has 0 radical (unpaired) electrons. The van der Waals surface area contributed by atoms with Gasteiger partial charge in [0.15, 0.2) is 5.69 Å². The van der Waals surface area contributed by atoms with E-state index in [9.17, 15) is 23.3 Å². The zero-order chi connectivity index (χ0) is 12.3. The number of pyridine rings is 1. The lowest BCUT2D eigenvalue weighted by molar-refractivity contribution is -0.385. The van der Waals surface area contributed by atoms with Crippen molar-refractivity contribution in [3.63, 3.8) is 0 Å². The predicted molar refractivity (Wildman–Crippen MR) is 45.2 cm³/mol. The highest BCUT2D eigenvalue weighted by Gasteiger charge is 2.38. The number of aromatic nitrogens is 1. The van der Waals surface area contributed by atoms with E-state index in [0.29, 0.717) is 6.20 Å². The second-order valence-corrected chi connectivity index (χ2v) is 2.75. The molecular formula is C8H4F3N3O2. The van der Waals surface area contributed by atoms with Gasteiger partial charge in [0, 0.05) is 12.3 Å². The molecule has 5 nitrogen and oxygen atoms in total. The lowest BCUT2D eigenvalue weighted by Crippen LogP contribution is -2.13. The Kier molecular flexibility index (Phi) is 3.08. The zero-order valence-corrected chi connectivity index (χ0v) is 7.65. The fourth-order valence-electron chi connectivity index (χ4n) is 1.15. The van der Waals surface area contributed by atoms with E-state index in [1.807, 2.05) is 0 Å². The molecule has 1 heterocycles. The van der Waals surface area contributed by atoms with Crippen LogP contribution in [0.5, 0.6) is 0 Å². The van der Waals surface area contributed by atoms with Crippen LogP contribution in [-0.4, -0.2) is 9.91 Å². The molecule has 0 bridgehead atoms. The summed E-state index contributed by atoms with van der Waals surface area (Å²) >= 11 is 0. The third kappa shape index (κ3) is 2.25. The molecule has 0 unspecified atom stereocenters. The number of nitrogens with zero attached hydrogens (tertiary/aromatic N) is 3. The molecule has 0 N–H and O–H groups in total. The van der Waals surface area contributed by atoms with Crippen molar-refractivity contribution < 1.29 is 18.1 Å². The summed E-state index contributed by atoms with van der Waals surface area (Å²) in [5, 5.41) is 18.8. The topological polar surface area (TPSA) is 79.8 Å². The first kappa shape index (κ1) is 11.9. The van der Waals surface area contributed by atoms with Gasteiger partial charge in [-0.15, -0.1) is 0 Å². The van der Waals surface area contributed by atoms with Crippen molar-refractivity contribution in [2.24, 2.45) is 0 Å². The van der Waals surface area contributed by atoms with E-state index in [4.69, 9.17) is 5.26 Å². The first-order valence-corrected chi connectivity index (χ1v) is 3.94. The zero-order valence-electron chi connectivity index (χ0n) is 7.65. The molecule has 1 aromatic heterocycles. The van der Waals surface area contributed by atoms with Crippen molar-refractivity contribution in [2.45, 2.75) is 12.6 Å². The van der Waals surface area contributed by atoms with Crippen molar-refractivity contribution >= 4 is 5.69 Å². The Morgan fingerprint density at radius 2 is 2.19 bits per heavy atom. The van der Waals surface area contributed by atoms with Gasteiger partial charge in [-0.25, -0.2) is 0 Å². The van der Waals surface area contributed by atoms with Crippen LogP contribution in [0.4, 0.5) is 18.9 Å². The van der Waals surface area contributed by atoms with E-state index in [1.165, 1.54) is 6.07 Å². The lowest BCUT2D eigenvalue weighted by atomic mass is 10.1. The molecule has 1 aromatic rings. The molecule has 0 aliphatic carbocycles. The molecule has 0 saturated heterocycles. The van der Waals surface area contributed by atoms with Crippen LogP contribution in [0.25, 0.3) is 0 Å². The highest BCUT2D eigenvalue weighted by Crippen LogP contribution is 2.34. The molecule has 16 heavy (non-hydrogen) atoms. The number of nitriles is 1. The van der Waals surface area contributed by atoms with Gasteiger partial charge < -0.3 is 0 Å². The molecule has 0 aromatic carbocycles. The van der Waals surface area contributed by atoms with Gasteiger partial charge in [-0.3, -0.25) is 15.1 Å². The number of alkyl halides is 3. The number of hydrogen-bond donors (Lipinski definition) is 0. The average Bonchev–Trinajstić information content (AvgIpc) is 2.16. The normalized spacial score (nSPS) is 10.9. The predicted octanol–water partition coefficient (Wildman–Crippen LogP) is 2.07. The first-order valence-electron chi connectivity index (χ1n) is 3.94. The van der Waals surface area contributed by atoms with Crippen molar-refractivity contribution in [3.8, 4) is 6.07 Å². The van der Waals surface area contributed by atoms with Crippen molar-refractivity contribution in [1.29, 1.82) is 5.26 Å². The SMILES string of the molecule is N#CCc1c([N+](=O)[O-])ccnc1C(F)(F)F. The maximum Gasteiger partial charge on any atom is 0.433 e. The standard InChI is InChI=1S/C8H4F3N3O2/c9-8(10,11)7-5(1-3-12)6(14(15)16)2-4-13-7/h2,4H,1H2. The molecule has 0 spiro atoms. The quantitative estimate of drug-likeness (QED) is 0.576. The molecule has 8 heteroatoms. The Bertz CT molecular complexity index is 465. The van der Waals surface area contributed by atoms with Gasteiger partial charge in [0.2, 0.25) is 0 Å². The van der Waals surface area contributed by atoms with Crippen molar-refractivity contribution in [2.75, 3.05) is 0 Å². The van der Waals surface area contributed by atoms with E-state index >= 15 is 0 Å². The van der Waals surface area contributed by atoms with Crippen LogP contribution in [0.15, 0.2) is 12.3 Å². The summed E-state index contributed by atoms with van der Waals surface area (Å²) in [7, 11) is 0. The summed E-state index contributed by atoms with van der Waals surface area (Å²) in [4.78, 5) is 12.5. The Balaban J connectivity index is 3.46. The molecule has 0 saturated carbocycles.